The number of hydrogen-bond acceptors (Lipinski definition) is 0. The monoisotopic (exact) mass is 1460 g/mol. The van der Waals surface area contributed by atoms with Crippen LogP contribution in [-0.4, -0.2) is 9.13 Å². The Bertz CT molecular complexity index is 7540. The quantitative estimate of drug-likeness (QED) is 0.121. The van der Waals surface area contributed by atoms with Crippen molar-refractivity contribution < 1.29 is 0 Å². The molecule has 0 radical (unpaired) electrons. The highest BCUT2D eigenvalue weighted by Gasteiger charge is 2.37. The molecule has 0 aliphatic heterocycles. The van der Waals surface area contributed by atoms with Crippen molar-refractivity contribution in [3.8, 4) is 112 Å². The van der Waals surface area contributed by atoms with E-state index in [0.717, 1.165) is 0 Å². The first kappa shape index (κ1) is 67.2. The van der Waals surface area contributed by atoms with Crippen LogP contribution in [-0.2, 0) is 5.41 Å². The molecule has 0 spiro atoms. The molecule has 2 heteroatoms. The Morgan fingerprint density at radius 1 is 0.165 bits per heavy atom. The van der Waals surface area contributed by atoms with Crippen molar-refractivity contribution in [1.29, 1.82) is 0 Å². The molecular formula is C113H76N2. The summed E-state index contributed by atoms with van der Waals surface area (Å²) in [6.07, 6.45) is 0. The number of fused-ring (bicyclic) bond motifs is 14. The van der Waals surface area contributed by atoms with Gasteiger partial charge in [-0.2, -0.15) is 0 Å². The lowest BCUT2D eigenvalue weighted by atomic mass is 9.80. The van der Waals surface area contributed by atoms with Crippen LogP contribution in [0, 0.1) is 0 Å². The summed E-state index contributed by atoms with van der Waals surface area (Å²) < 4.78 is 4.93. The molecule has 0 N–H and O–H groups in total. The van der Waals surface area contributed by atoms with Crippen molar-refractivity contribution in [1.82, 2.24) is 9.13 Å². The van der Waals surface area contributed by atoms with Crippen LogP contribution >= 0.6 is 0 Å². The van der Waals surface area contributed by atoms with Crippen molar-refractivity contribution in [2.45, 2.75) is 19.3 Å². The minimum absolute atomic E-state index is 0.206. The maximum atomic E-state index is 2.49. The standard InChI is InChI=1S/C59H41N.C54H35N/c1-59(2)53-36-43(58-50-25-11-9-23-48(50)57(39-18-7-4-8-19-39)49-24-10-12-26-51(49)58)28-31-45(53)46-32-30-44(37-54(46)59)60-55-27-14-13-22-47(55)52-35-42(29-33-56(52)60)41-21-15-20-40(34-41)38-16-5-3-6-17-38;1-3-16-36(17-4-1)38-20-13-21-39(34-38)40-32-33-52-49(35-40)43-22-11-12-30-50(43)55(52)51-31-15-27-41-42(51)28-14-29-44(41)54-47-25-9-7-23-45(47)53(37-18-5-2-6-19-37)46-24-8-10-26-48(46)54/h3-37H,1-2H3;1-35H. The smallest absolute Gasteiger partial charge is 0.0541 e. The third-order valence-electron chi connectivity index (χ3n) is 24.6. The normalized spacial score (nSPS) is 12.3. The maximum Gasteiger partial charge on any atom is 0.0541 e. The Morgan fingerprint density at radius 3 is 0.957 bits per heavy atom. The van der Waals surface area contributed by atoms with Gasteiger partial charge in [0, 0.05) is 38.0 Å². The fourth-order valence-electron chi connectivity index (χ4n) is 19.3. The van der Waals surface area contributed by atoms with Gasteiger partial charge < -0.3 is 9.13 Å². The van der Waals surface area contributed by atoms with Gasteiger partial charge in [0.25, 0.3) is 0 Å². The highest BCUT2D eigenvalue weighted by molar-refractivity contribution is 6.25. The minimum atomic E-state index is -0.206. The first-order valence-corrected chi connectivity index (χ1v) is 40.0. The van der Waals surface area contributed by atoms with Crippen LogP contribution in [0.15, 0.2) is 425 Å². The number of rotatable bonds is 10. The van der Waals surface area contributed by atoms with E-state index < -0.39 is 0 Å². The summed E-state index contributed by atoms with van der Waals surface area (Å²) in [7, 11) is 0. The third-order valence-corrected chi connectivity index (χ3v) is 24.6. The highest BCUT2D eigenvalue weighted by atomic mass is 15.0. The van der Waals surface area contributed by atoms with Gasteiger partial charge in [0.2, 0.25) is 0 Å². The second-order valence-corrected chi connectivity index (χ2v) is 31.3. The van der Waals surface area contributed by atoms with E-state index in [2.05, 4.69) is 448 Å². The molecule has 1 aliphatic rings. The second kappa shape index (κ2) is 27.4. The Kier molecular flexibility index (Phi) is 16.0. The van der Waals surface area contributed by atoms with Crippen molar-refractivity contribution >= 4 is 97.5 Å². The molecule has 0 unspecified atom stereocenters. The van der Waals surface area contributed by atoms with Crippen molar-refractivity contribution in [3.05, 3.63) is 436 Å². The van der Waals surface area contributed by atoms with E-state index in [1.165, 1.54) is 220 Å². The lowest BCUT2D eigenvalue weighted by molar-refractivity contribution is 0.660. The maximum absolute atomic E-state index is 2.49. The first-order valence-electron chi connectivity index (χ1n) is 40.0. The van der Waals surface area contributed by atoms with Crippen LogP contribution in [0.3, 0.4) is 0 Å². The van der Waals surface area contributed by atoms with Gasteiger partial charge in [-0.05, 0) is 233 Å². The summed E-state index contributed by atoms with van der Waals surface area (Å²) in [6, 6.07) is 156. The molecule has 0 saturated carbocycles. The van der Waals surface area contributed by atoms with Crippen molar-refractivity contribution in [3.63, 3.8) is 0 Å². The molecule has 23 rings (SSSR count). The van der Waals surface area contributed by atoms with Crippen molar-refractivity contribution in [2.75, 3.05) is 0 Å². The summed E-state index contributed by atoms with van der Waals surface area (Å²) in [5.41, 5.74) is 32.3. The first-order chi connectivity index (χ1) is 56.8. The molecule has 115 heavy (non-hydrogen) atoms. The van der Waals surface area contributed by atoms with Gasteiger partial charge in [0.1, 0.15) is 0 Å². The van der Waals surface area contributed by atoms with E-state index in [-0.39, 0.29) is 5.41 Å². The molecular weight excluding hydrogens is 1390 g/mol. The van der Waals surface area contributed by atoms with Crippen LogP contribution in [0.25, 0.3) is 209 Å². The topological polar surface area (TPSA) is 9.86 Å². The fourth-order valence-corrected chi connectivity index (χ4v) is 19.3. The highest BCUT2D eigenvalue weighted by Crippen LogP contribution is 2.54. The van der Waals surface area contributed by atoms with Crippen LogP contribution in [0.5, 0.6) is 0 Å². The van der Waals surface area contributed by atoms with Crippen LogP contribution in [0.1, 0.15) is 25.0 Å². The SMILES string of the molecule is CC1(C)c2cc(-c3c4ccccc4c(-c4ccccc4)c4ccccc34)ccc2-c2ccc(-n3c4ccccc4c4cc(-c5cccc(-c6ccccc6)c5)ccc43)cc21.c1ccc(-c2cccc(-c3ccc4c(c3)c3ccccc3n4-c3cccc4c(-c5c6ccccc6c(-c6ccccc6)c6ccccc56)cccc34)c2)cc1. The van der Waals surface area contributed by atoms with E-state index >= 15 is 0 Å². The summed E-state index contributed by atoms with van der Waals surface area (Å²) >= 11 is 0. The molecule has 0 amide bonds. The minimum Gasteiger partial charge on any atom is -0.309 e. The lowest BCUT2D eigenvalue weighted by Crippen LogP contribution is -2.15. The average molecular weight is 1460 g/mol. The van der Waals surface area contributed by atoms with Crippen LogP contribution in [0.4, 0.5) is 0 Å². The van der Waals surface area contributed by atoms with E-state index in [1.54, 1.807) is 0 Å². The molecule has 1 aliphatic carbocycles. The Morgan fingerprint density at radius 2 is 0.478 bits per heavy atom. The van der Waals surface area contributed by atoms with Crippen LogP contribution in [0.2, 0.25) is 0 Å². The van der Waals surface area contributed by atoms with E-state index in [0.29, 0.717) is 0 Å². The zero-order chi connectivity index (χ0) is 76.2. The zero-order valence-electron chi connectivity index (χ0n) is 63.8. The van der Waals surface area contributed by atoms with E-state index in [9.17, 15) is 0 Å². The average Bonchev–Trinajstić information content (AvgIpc) is 1.60. The summed E-state index contributed by atoms with van der Waals surface area (Å²) in [6.45, 7) is 4.81. The van der Waals surface area contributed by atoms with Crippen LogP contribution < -0.4 is 0 Å². The third kappa shape index (κ3) is 11.1. The number of benzene rings is 20. The predicted molar refractivity (Wildman–Crippen MR) is 490 cm³/mol. The lowest BCUT2D eigenvalue weighted by Gasteiger charge is -2.23. The van der Waals surface area contributed by atoms with Gasteiger partial charge in [0.05, 0.1) is 27.8 Å². The number of para-hydroxylation sites is 2. The summed E-state index contributed by atoms with van der Waals surface area (Å²) in [5.74, 6) is 0. The molecule has 0 bridgehead atoms. The molecule has 0 fully saturated rings. The van der Waals surface area contributed by atoms with Gasteiger partial charge in [0.15, 0.2) is 0 Å². The summed E-state index contributed by atoms with van der Waals surface area (Å²) in [4.78, 5) is 0. The van der Waals surface area contributed by atoms with Gasteiger partial charge in [-0.3, -0.25) is 0 Å². The second-order valence-electron chi connectivity index (χ2n) is 31.3. The van der Waals surface area contributed by atoms with Gasteiger partial charge >= 0.3 is 0 Å². The molecule has 0 saturated heterocycles. The summed E-state index contributed by atoms with van der Waals surface area (Å²) in [5, 5.41) is 17.7. The molecule has 20 aromatic carbocycles. The fraction of sp³-hybridized carbons (Fsp3) is 0.0265. The van der Waals surface area contributed by atoms with Gasteiger partial charge in [-0.1, -0.05) is 366 Å². The Hall–Kier alpha value is -14.7. The molecule has 538 valence electrons. The zero-order valence-corrected chi connectivity index (χ0v) is 63.8. The van der Waals surface area contributed by atoms with E-state index in [4.69, 9.17) is 0 Å². The van der Waals surface area contributed by atoms with E-state index in [1.807, 2.05) is 0 Å². The predicted octanol–water partition coefficient (Wildman–Crippen LogP) is 31.0. The molecule has 22 aromatic rings. The molecule has 2 aromatic heterocycles. The molecule has 2 nitrogen and oxygen atoms in total. The molecule has 0 atom stereocenters. The largest absolute Gasteiger partial charge is 0.309 e. The number of aromatic nitrogens is 2. The van der Waals surface area contributed by atoms with Gasteiger partial charge in [-0.25, -0.2) is 0 Å². The number of nitrogens with zero attached hydrogens (tertiary/aromatic N) is 2. The Labute approximate surface area is 668 Å². The Balaban J connectivity index is 0.000000140. The van der Waals surface area contributed by atoms with Gasteiger partial charge in [-0.15, -0.1) is 0 Å². The molecule has 2 heterocycles. The number of hydrogen-bond donors (Lipinski definition) is 0. The van der Waals surface area contributed by atoms with Crippen molar-refractivity contribution in [2.24, 2.45) is 0 Å².